The Hall–Kier alpha value is -1.17. The van der Waals surface area contributed by atoms with E-state index >= 15 is 0 Å². The van der Waals surface area contributed by atoms with Crippen molar-refractivity contribution >= 4 is 51.3 Å². The normalized spacial score (nSPS) is 16.5. The molecule has 1 aliphatic rings. The van der Waals surface area contributed by atoms with Gasteiger partial charge in [-0.15, -0.1) is 35.3 Å². The lowest BCUT2D eigenvalue weighted by Gasteiger charge is -2.26. The first kappa shape index (κ1) is 25.1. The van der Waals surface area contributed by atoms with Gasteiger partial charge in [0.25, 0.3) is 0 Å². The number of benzene rings is 1. The summed E-state index contributed by atoms with van der Waals surface area (Å²) in [5.41, 5.74) is 0.914. The molecule has 6 nitrogen and oxygen atoms in total. The summed E-state index contributed by atoms with van der Waals surface area (Å²) in [6, 6.07) is 11.4. The maximum atomic E-state index is 12.9. The Morgan fingerprint density at radius 3 is 2.60 bits per heavy atom. The van der Waals surface area contributed by atoms with Crippen molar-refractivity contribution in [1.29, 1.82) is 0 Å². The van der Waals surface area contributed by atoms with Gasteiger partial charge in [0.2, 0.25) is 10.0 Å². The summed E-state index contributed by atoms with van der Waals surface area (Å²) in [7, 11) is -1.68. The molecular weight excluding hydrogens is 531 g/mol. The number of guanidine groups is 1. The van der Waals surface area contributed by atoms with E-state index in [9.17, 15) is 8.42 Å². The van der Waals surface area contributed by atoms with Crippen LogP contribution in [0.15, 0.2) is 51.7 Å². The van der Waals surface area contributed by atoms with E-state index in [4.69, 9.17) is 0 Å². The Morgan fingerprint density at radius 1 is 1.17 bits per heavy atom. The van der Waals surface area contributed by atoms with Crippen molar-refractivity contribution in [2.24, 2.45) is 4.99 Å². The molecule has 0 spiro atoms. The van der Waals surface area contributed by atoms with Crippen molar-refractivity contribution in [3.63, 3.8) is 0 Å². The zero-order valence-electron chi connectivity index (χ0n) is 17.5. The molecular formula is C21H31IN4O2S2. The zero-order chi connectivity index (χ0) is 20.7. The molecule has 2 aromatic rings. The predicted molar refractivity (Wildman–Crippen MR) is 135 cm³/mol. The van der Waals surface area contributed by atoms with Gasteiger partial charge in [-0.1, -0.05) is 31.5 Å². The summed E-state index contributed by atoms with van der Waals surface area (Å²) in [6.07, 6.45) is 2.98. The van der Waals surface area contributed by atoms with Gasteiger partial charge >= 0.3 is 0 Å². The third-order valence-corrected chi connectivity index (χ3v) is 8.14. The molecule has 166 valence electrons. The van der Waals surface area contributed by atoms with Crippen LogP contribution in [0.5, 0.6) is 0 Å². The van der Waals surface area contributed by atoms with Gasteiger partial charge < -0.3 is 10.6 Å². The minimum atomic E-state index is -3.41. The Morgan fingerprint density at radius 2 is 1.93 bits per heavy atom. The molecule has 1 aliphatic heterocycles. The molecule has 9 heteroatoms. The van der Waals surface area contributed by atoms with Crippen LogP contribution in [-0.2, 0) is 16.6 Å². The van der Waals surface area contributed by atoms with Gasteiger partial charge in [-0.25, -0.2) is 8.42 Å². The van der Waals surface area contributed by atoms with Crippen molar-refractivity contribution in [1.82, 2.24) is 14.9 Å². The number of aliphatic imine (C=N–C) groups is 1. The average Bonchev–Trinajstić information content (AvgIpc) is 3.29. The highest BCUT2D eigenvalue weighted by Gasteiger charge is 2.25. The number of hydrogen-bond acceptors (Lipinski definition) is 4. The van der Waals surface area contributed by atoms with Crippen LogP contribution in [0.25, 0.3) is 0 Å². The largest absolute Gasteiger partial charge is 0.356 e. The highest BCUT2D eigenvalue weighted by atomic mass is 127. The summed E-state index contributed by atoms with van der Waals surface area (Å²) in [5, 5.41) is 8.71. The molecule has 0 saturated carbocycles. The number of nitrogens with zero attached hydrogens (tertiary/aromatic N) is 2. The van der Waals surface area contributed by atoms with Gasteiger partial charge in [-0.2, -0.15) is 4.31 Å². The maximum Gasteiger partial charge on any atom is 0.243 e. The van der Waals surface area contributed by atoms with Crippen LogP contribution in [-0.4, -0.2) is 45.4 Å². The van der Waals surface area contributed by atoms with Crippen LogP contribution >= 0.6 is 35.3 Å². The number of halogens is 1. The molecule has 1 atom stereocenters. The van der Waals surface area contributed by atoms with E-state index < -0.39 is 10.0 Å². The second-order valence-corrected chi connectivity index (χ2v) is 10.3. The van der Waals surface area contributed by atoms with Crippen LogP contribution < -0.4 is 10.6 Å². The first-order valence-electron chi connectivity index (χ1n) is 10.1. The number of piperidine rings is 1. The van der Waals surface area contributed by atoms with E-state index in [1.807, 2.05) is 12.1 Å². The first-order valence-corrected chi connectivity index (χ1v) is 12.4. The van der Waals surface area contributed by atoms with Gasteiger partial charge in [0.1, 0.15) is 0 Å². The molecule has 0 aliphatic carbocycles. The van der Waals surface area contributed by atoms with Gasteiger partial charge in [0.15, 0.2) is 5.96 Å². The van der Waals surface area contributed by atoms with E-state index in [0.29, 0.717) is 36.4 Å². The van der Waals surface area contributed by atoms with E-state index in [2.05, 4.69) is 40.1 Å². The summed E-state index contributed by atoms with van der Waals surface area (Å²) < 4.78 is 27.4. The molecule has 0 amide bonds. The Kier molecular flexibility index (Phi) is 10.1. The number of nitrogens with one attached hydrogen (secondary N) is 2. The Labute approximate surface area is 201 Å². The highest BCUT2D eigenvalue weighted by Crippen LogP contribution is 2.21. The second-order valence-electron chi connectivity index (χ2n) is 7.34. The highest BCUT2D eigenvalue weighted by molar-refractivity contribution is 14.0. The van der Waals surface area contributed by atoms with Crippen LogP contribution in [0.3, 0.4) is 0 Å². The minimum Gasteiger partial charge on any atom is -0.356 e. The number of rotatable bonds is 7. The molecule has 1 fully saturated rings. The zero-order valence-corrected chi connectivity index (χ0v) is 21.5. The van der Waals surface area contributed by atoms with Crippen LogP contribution in [0.2, 0.25) is 0 Å². The lowest BCUT2D eigenvalue weighted by atomic mass is 10.1. The number of sulfonamides is 1. The molecule has 3 rings (SSSR count). The molecule has 2 heterocycles. The van der Waals surface area contributed by atoms with Crippen molar-refractivity contribution in [3.8, 4) is 0 Å². The van der Waals surface area contributed by atoms with Crippen LogP contribution in [0.4, 0.5) is 0 Å². The summed E-state index contributed by atoms with van der Waals surface area (Å²) in [4.78, 5) is 5.98. The molecule has 30 heavy (non-hydrogen) atoms. The fourth-order valence-corrected chi connectivity index (χ4v) is 5.77. The van der Waals surface area contributed by atoms with Crippen molar-refractivity contribution in [2.75, 3.05) is 26.7 Å². The van der Waals surface area contributed by atoms with Gasteiger partial charge in [-0.05, 0) is 42.0 Å². The summed E-state index contributed by atoms with van der Waals surface area (Å²) in [6.45, 7) is 4.70. The average molecular weight is 563 g/mol. The van der Waals surface area contributed by atoms with E-state index in [0.717, 1.165) is 31.4 Å². The fourth-order valence-electron chi connectivity index (χ4n) is 3.40. The van der Waals surface area contributed by atoms with Crippen LogP contribution in [0.1, 0.15) is 42.5 Å². The topological polar surface area (TPSA) is 73.8 Å². The second kappa shape index (κ2) is 12.0. The van der Waals surface area contributed by atoms with Gasteiger partial charge in [-0.3, -0.25) is 4.99 Å². The monoisotopic (exact) mass is 562 g/mol. The molecule has 2 N–H and O–H groups in total. The molecule has 1 aromatic carbocycles. The number of thiophene rings is 1. The number of hydrogen-bond donors (Lipinski definition) is 2. The molecule has 1 saturated heterocycles. The third-order valence-electron chi connectivity index (χ3n) is 5.14. The van der Waals surface area contributed by atoms with Gasteiger partial charge in [0, 0.05) is 44.0 Å². The van der Waals surface area contributed by atoms with Crippen molar-refractivity contribution in [2.45, 2.75) is 43.5 Å². The summed E-state index contributed by atoms with van der Waals surface area (Å²) >= 11 is 1.75. The summed E-state index contributed by atoms with van der Waals surface area (Å²) in [5.74, 6) is 1.10. The smallest absolute Gasteiger partial charge is 0.243 e. The maximum absolute atomic E-state index is 12.9. The van der Waals surface area contributed by atoms with Crippen LogP contribution in [0, 0.1) is 0 Å². The van der Waals surface area contributed by atoms with E-state index in [-0.39, 0.29) is 24.0 Å². The quantitative estimate of drug-likeness (QED) is 0.304. The SMILES string of the molecule is CN=C(NCc1cccc(S(=O)(=O)N2CCCCC2)c1)NCC(C)c1cccs1.I. The van der Waals surface area contributed by atoms with Crippen molar-refractivity contribution in [3.05, 3.63) is 52.2 Å². The minimum absolute atomic E-state index is 0. The Balaban J connectivity index is 0.00000320. The third kappa shape index (κ3) is 6.66. The van der Waals surface area contributed by atoms with E-state index in [1.54, 1.807) is 34.8 Å². The Bertz CT molecular complexity index is 911. The fraction of sp³-hybridized carbons (Fsp3) is 0.476. The van der Waals surface area contributed by atoms with E-state index in [1.165, 1.54) is 4.88 Å². The lowest BCUT2D eigenvalue weighted by Crippen LogP contribution is -2.38. The van der Waals surface area contributed by atoms with Crippen molar-refractivity contribution < 1.29 is 8.42 Å². The predicted octanol–water partition coefficient (Wildman–Crippen LogP) is 4.01. The molecule has 0 bridgehead atoms. The molecule has 0 radical (unpaired) electrons. The van der Waals surface area contributed by atoms with Gasteiger partial charge in [0.05, 0.1) is 4.90 Å². The first-order chi connectivity index (χ1) is 14.0. The molecule has 1 unspecified atom stereocenters. The molecule has 1 aromatic heterocycles. The lowest BCUT2D eigenvalue weighted by molar-refractivity contribution is 0.346. The standard InChI is InChI=1S/C21H30N4O2S2.HI/c1-17(20-10-7-13-28-20)15-23-21(22-2)24-16-18-8-6-9-19(14-18)29(26,27)25-11-4-3-5-12-25;/h6-10,13-14,17H,3-5,11-12,15-16H2,1-2H3,(H2,22,23,24);1H.